The molecule has 10 heteroatoms. The highest BCUT2D eigenvalue weighted by molar-refractivity contribution is 7.03. The molecule has 6 heterocycles. The Morgan fingerprint density at radius 3 is 0.913 bits per heavy atom. The second-order valence-corrected chi connectivity index (χ2v) is 25.2. The van der Waals surface area contributed by atoms with Gasteiger partial charge in [0, 0.05) is 78.4 Å². The molecule has 0 saturated heterocycles. The van der Waals surface area contributed by atoms with E-state index in [0.717, 1.165) is 145 Å². The van der Waals surface area contributed by atoms with Crippen LogP contribution in [0.1, 0.15) is 22.3 Å². The molecule has 0 bridgehead atoms. The Morgan fingerprint density at radius 1 is 0.239 bits per heavy atom. The summed E-state index contributed by atoms with van der Waals surface area (Å²) in [5.74, 6) is -0.618. The third-order valence-corrected chi connectivity index (χ3v) is 20.2. The molecule has 4 aliphatic heterocycles. The summed E-state index contributed by atoms with van der Waals surface area (Å²) in [4.78, 5) is 9.31. The number of hydrogen-bond acceptors (Lipinski definition) is 4. The SMILES string of the molecule is Cc1cccc2c3cccc(C)c3n(-c3cc4c5c(c3)N(c3ccccc3F)c3ccccc3B5c3cc5c(cc3N4c3ccccc3)N(c3ccccc3)c3cc(-n4c6c(C)cccc6c6cccc(C)c64)cc4c3B5c3ccccc3N4c3ccccc3F)c12. The number of aryl methyl sites for hydroxylation is 4. The summed E-state index contributed by atoms with van der Waals surface area (Å²) in [6.45, 7) is 8.19. The zero-order valence-electron chi connectivity index (χ0n) is 51.0. The van der Waals surface area contributed by atoms with Gasteiger partial charge in [-0.05, 0) is 174 Å². The number of anilines is 12. The van der Waals surface area contributed by atoms with Crippen LogP contribution >= 0.6 is 0 Å². The molecule has 0 unspecified atom stereocenters. The van der Waals surface area contributed by atoms with Crippen LogP contribution in [-0.4, -0.2) is 22.6 Å². The molecule has 2 aromatic heterocycles. The van der Waals surface area contributed by atoms with Crippen molar-refractivity contribution in [1.29, 1.82) is 0 Å². The molecule has 0 spiro atoms. The normalized spacial score (nSPS) is 13.4. The smallest absolute Gasteiger partial charge is 0.252 e. The van der Waals surface area contributed by atoms with E-state index in [0.29, 0.717) is 11.4 Å². The molecule has 0 atom stereocenters. The van der Waals surface area contributed by atoms with E-state index in [2.05, 4.69) is 275 Å². The van der Waals surface area contributed by atoms with Crippen molar-refractivity contribution in [3.05, 3.63) is 301 Å². The minimum atomic E-state index is -0.320. The minimum absolute atomic E-state index is 0.309. The highest BCUT2D eigenvalue weighted by Gasteiger charge is 2.49. The predicted octanol–water partition coefficient (Wildman–Crippen LogP) is 17.6. The average Bonchev–Trinajstić information content (AvgIpc) is 0.811. The summed E-state index contributed by atoms with van der Waals surface area (Å²) in [5, 5.41) is 4.72. The van der Waals surface area contributed by atoms with Gasteiger partial charge in [0.15, 0.2) is 0 Å². The average molecular weight is 1190 g/mol. The van der Waals surface area contributed by atoms with E-state index in [9.17, 15) is 0 Å². The van der Waals surface area contributed by atoms with Gasteiger partial charge in [-0.25, -0.2) is 8.78 Å². The van der Waals surface area contributed by atoms with Crippen LogP contribution in [0.2, 0.25) is 0 Å². The van der Waals surface area contributed by atoms with Gasteiger partial charge in [-0.3, -0.25) is 0 Å². The molecule has 0 aliphatic carbocycles. The van der Waals surface area contributed by atoms with Crippen LogP contribution < -0.4 is 52.4 Å². The van der Waals surface area contributed by atoms with E-state index in [1.54, 1.807) is 24.3 Å². The number of fused-ring (bicyclic) bond motifs is 14. The zero-order valence-corrected chi connectivity index (χ0v) is 51.0. The first-order valence-corrected chi connectivity index (χ1v) is 31.7. The first-order chi connectivity index (χ1) is 45.2. The van der Waals surface area contributed by atoms with Crippen molar-refractivity contribution in [2.24, 2.45) is 0 Å². The molecule has 6 nitrogen and oxygen atoms in total. The third-order valence-electron chi connectivity index (χ3n) is 20.2. The number of rotatable bonds is 6. The summed E-state index contributed by atoms with van der Waals surface area (Å²) in [7, 11) is 0. The van der Waals surface area contributed by atoms with E-state index >= 15 is 8.78 Å². The molecule has 0 saturated carbocycles. The van der Waals surface area contributed by atoms with Crippen molar-refractivity contribution < 1.29 is 8.78 Å². The summed E-state index contributed by atoms with van der Waals surface area (Å²) in [5.41, 5.74) is 28.3. The molecule has 0 fully saturated rings. The third kappa shape index (κ3) is 7.20. The van der Waals surface area contributed by atoms with Gasteiger partial charge in [0.25, 0.3) is 13.4 Å². The molecule has 15 aromatic rings. The first kappa shape index (κ1) is 52.6. The van der Waals surface area contributed by atoms with Gasteiger partial charge in [-0.15, -0.1) is 0 Å². The number of aromatic nitrogens is 2. The number of hydrogen-bond donors (Lipinski definition) is 0. The van der Waals surface area contributed by atoms with Gasteiger partial charge in [0.1, 0.15) is 11.6 Å². The van der Waals surface area contributed by atoms with E-state index in [1.165, 1.54) is 21.5 Å². The lowest BCUT2D eigenvalue weighted by molar-refractivity contribution is 0.628. The van der Waals surface area contributed by atoms with E-state index in [1.807, 2.05) is 24.3 Å². The van der Waals surface area contributed by atoms with Crippen LogP contribution in [-0.2, 0) is 0 Å². The molecule has 434 valence electrons. The Balaban J connectivity index is 0.963. The van der Waals surface area contributed by atoms with Crippen LogP contribution in [0.15, 0.2) is 267 Å². The Labute approximate surface area is 532 Å². The lowest BCUT2D eigenvalue weighted by atomic mass is 9.30. The van der Waals surface area contributed by atoms with E-state index in [4.69, 9.17) is 0 Å². The fraction of sp³-hybridized carbons (Fsp3) is 0.0488. The van der Waals surface area contributed by atoms with Crippen LogP contribution in [0, 0.1) is 39.3 Å². The maximum atomic E-state index is 17.2. The topological polar surface area (TPSA) is 22.8 Å². The molecular weight excluding hydrogens is 1130 g/mol. The largest absolute Gasteiger partial charge is 0.311 e. The van der Waals surface area contributed by atoms with Gasteiger partial charge in [-0.2, -0.15) is 0 Å². The van der Waals surface area contributed by atoms with Gasteiger partial charge in [0.2, 0.25) is 0 Å². The Hall–Kier alpha value is -11.4. The summed E-state index contributed by atoms with van der Waals surface area (Å²) in [6, 6.07) is 94.1. The fourth-order valence-electron chi connectivity index (χ4n) is 16.5. The molecule has 0 amide bonds. The van der Waals surface area contributed by atoms with Gasteiger partial charge < -0.3 is 28.7 Å². The van der Waals surface area contributed by atoms with Crippen molar-refractivity contribution in [2.45, 2.75) is 27.7 Å². The standard InChI is InChI=1S/C82H56B2F2N6/c1-49-23-19-31-57-58-32-20-24-50(2)80(58)89(79(49)57)55-43-73-77-75(45-55)91(69-41-17-13-37-65(69)85)67-39-15-11-35-61(67)83(77)63-47-64-72(48-71(63)87(73)53-27-7-5-8-28-53)88(54-29-9-6-10-30-54)74-44-56(90-81-51(3)25-21-33-59(81)60-34-22-26-52(4)82(60)90)46-76-78(74)84(64)62-36-12-16-40-68(62)92(76)70-42-18-14-38-66(70)86/h5-48H,1-4H3. The van der Waals surface area contributed by atoms with Gasteiger partial charge >= 0.3 is 0 Å². The first-order valence-electron chi connectivity index (χ1n) is 31.7. The van der Waals surface area contributed by atoms with Crippen molar-refractivity contribution >= 4 is 158 Å². The number of nitrogens with zero attached hydrogens (tertiary/aromatic N) is 6. The van der Waals surface area contributed by atoms with Crippen molar-refractivity contribution in [3.63, 3.8) is 0 Å². The molecular formula is C82H56B2F2N6. The lowest BCUT2D eigenvalue weighted by Crippen LogP contribution is -2.65. The van der Waals surface area contributed by atoms with E-state index < -0.39 is 0 Å². The quantitative estimate of drug-likeness (QED) is 0.155. The van der Waals surface area contributed by atoms with Crippen LogP contribution in [0.4, 0.5) is 77.0 Å². The second kappa shape index (κ2) is 19.6. The van der Waals surface area contributed by atoms with Crippen LogP contribution in [0.5, 0.6) is 0 Å². The van der Waals surface area contributed by atoms with Gasteiger partial charge in [-0.1, -0.05) is 176 Å². The number of halogens is 2. The maximum absolute atomic E-state index is 17.2. The lowest BCUT2D eigenvalue weighted by Gasteiger charge is -2.47. The van der Waals surface area contributed by atoms with Crippen molar-refractivity contribution in [1.82, 2.24) is 9.13 Å². The van der Waals surface area contributed by atoms with E-state index in [-0.39, 0.29) is 25.1 Å². The minimum Gasteiger partial charge on any atom is -0.311 e. The Bertz CT molecular complexity index is 5220. The van der Waals surface area contributed by atoms with Gasteiger partial charge in [0.05, 0.1) is 44.8 Å². The van der Waals surface area contributed by atoms with Crippen molar-refractivity contribution in [3.8, 4) is 11.4 Å². The monoisotopic (exact) mass is 1180 g/mol. The van der Waals surface area contributed by atoms with Crippen LogP contribution in [0.3, 0.4) is 0 Å². The Morgan fingerprint density at radius 2 is 0.554 bits per heavy atom. The van der Waals surface area contributed by atoms with Crippen LogP contribution in [0.25, 0.3) is 55.0 Å². The second-order valence-electron chi connectivity index (χ2n) is 25.2. The molecule has 0 radical (unpaired) electrons. The molecule has 0 N–H and O–H groups in total. The molecule has 92 heavy (non-hydrogen) atoms. The Kier molecular flexibility index (Phi) is 11.2. The molecule has 19 rings (SSSR count). The maximum Gasteiger partial charge on any atom is 0.252 e. The molecule has 13 aromatic carbocycles. The summed E-state index contributed by atoms with van der Waals surface area (Å²) < 4.78 is 39.3. The molecule has 4 aliphatic rings. The number of benzene rings is 13. The predicted molar refractivity (Wildman–Crippen MR) is 382 cm³/mol. The summed E-state index contributed by atoms with van der Waals surface area (Å²) in [6.07, 6.45) is 0. The number of para-hydroxylation sites is 10. The zero-order chi connectivity index (χ0) is 61.4. The fourth-order valence-corrected chi connectivity index (χ4v) is 16.5. The highest BCUT2D eigenvalue weighted by Crippen LogP contribution is 2.52. The highest BCUT2D eigenvalue weighted by atomic mass is 19.1. The summed E-state index contributed by atoms with van der Waals surface area (Å²) >= 11 is 0. The van der Waals surface area contributed by atoms with Crippen molar-refractivity contribution in [2.75, 3.05) is 19.6 Å².